The summed E-state index contributed by atoms with van der Waals surface area (Å²) < 4.78 is 0.740. The van der Waals surface area contributed by atoms with Crippen LogP contribution in [0.25, 0.3) is 0 Å². The summed E-state index contributed by atoms with van der Waals surface area (Å²) in [6, 6.07) is 4.26. The van der Waals surface area contributed by atoms with Crippen molar-refractivity contribution in [3.63, 3.8) is 0 Å². The van der Waals surface area contributed by atoms with Gasteiger partial charge in [0, 0.05) is 15.8 Å². The van der Waals surface area contributed by atoms with E-state index in [1.165, 1.54) is 11.8 Å². The maximum atomic E-state index is 10.7. The predicted molar refractivity (Wildman–Crippen MR) is 66.2 cm³/mol. The van der Waals surface area contributed by atoms with Crippen LogP contribution in [0, 0.1) is 0 Å². The summed E-state index contributed by atoms with van der Waals surface area (Å²) in [5, 5.41) is 18.9. The summed E-state index contributed by atoms with van der Waals surface area (Å²) in [5.74, 6) is -0.342. The normalized spacial score (nSPS) is 19.6. The van der Waals surface area contributed by atoms with Crippen molar-refractivity contribution in [1.29, 1.82) is 0 Å². The van der Waals surface area contributed by atoms with Gasteiger partial charge in [0.15, 0.2) is 6.04 Å². The zero-order chi connectivity index (χ0) is 11.7. The quantitative estimate of drug-likeness (QED) is 0.878. The summed E-state index contributed by atoms with van der Waals surface area (Å²) >= 11 is 4.65. The highest BCUT2D eigenvalue weighted by Crippen LogP contribution is 2.28. The van der Waals surface area contributed by atoms with Crippen molar-refractivity contribution >= 4 is 38.7 Å². The van der Waals surface area contributed by atoms with Gasteiger partial charge in [-0.05, 0) is 18.2 Å². The van der Waals surface area contributed by atoms with Gasteiger partial charge in [-0.3, -0.25) is 4.99 Å². The second-order valence-corrected chi connectivity index (χ2v) is 5.22. The van der Waals surface area contributed by atoms with Crippen molar-refractivity contribution in [2.45, 2.75) is 6.04 Å². The molecule has 0 aromatic heterocycles. The number of aliphatic carboxylic acids is 1. The first-order valence-corrected chi connectivity index (χ1v) is 6.27. The number of aliphatic imine (C=N–C) groups is 1. The van der Waals surface area contributed by atoms with Crippen LogP contribution in [0.2, 0.25) is 0 Å². The first-order chi connectivity index (χ1) is 7.56. The number of carbonyl (C=O) groups is 1. The van der Waals surface area contributed by atoms with Gasteiger partial charge in [0.2, 0.25) is 0 Å². The van der Waals surface area contributed by atoms with E-state index in [2.05, 4.69) is 20.9 Å². The molecule has 1 aromatic carbocycles. The number of thioether (sulfide) groups is 1. The highest BCUT2D eigenvalue weighted by Gasteiger charge is 2.25. The second kappa shape index (κ2) is 4.47. The Hall–Kier alpha value is -1.01. The number of carboxylic acids is 1. The lowest BCUT2D eigenvalue weighted by molar-refractivity contribution is -0.137. The summed E-state index contributed by atoms with van der Waals surface area (Å²) in [6.07, 6.45) is 0. The molecule has 1 aliphatic rings. The molecule has 0 aliphatic carbocycles. The Bertz CT molecular complexity index is 455. The highest BCUT2D eigenvalue weighted by molar-refractivity contribution is 9.10. The molecule has 1 unspecified atom stereocenters. The Morgan fingerprint density at radius 2 is 2.25 bits per heavy atom. The monoisotopic (exact) mass is 301 g/mol. The molecule has 1 aliphatic heterocycles. The van der Waals surface area contributed by atoms with Crippen LogP contribution in [0.15, 0.2) is 27.7 Å². The number of rotatable bonds is 2. The summed E-state index contributed by atoms with van der Waals surface area (Å²) in [6.45, 7) is 0. The molecule has 0 radical (unpaired) electrons. The number of benzene rings is 1. The minimum absolute atomic E-state index is 0.131. The highest BCUT2D eigenvalue weighted by atomic mass is 79.9. The molecular formula is C10H8BrNO3S. The Balaban J connectivity index is 2.32. The van der Waals surface area contributed by atoms with E-state index in [0.29, 0.717) is 10.8 Å². The molecule has 6 heteroatoms. The smallest absolute Gasteiger partial charge is 0.329 e. The molecule has 16 heavy (non-hydrogen) atoms. The Labute approximate surface area is 105 Å². The Kier molecular flexibility index (Phi) is 3.20. The molecule has 4 nitrogen and oxygen atoms in total. The molecule has 84 valence electrons. The van der Waals surface area contributed by atoms with E-state index in [9.17, 15) is 9.90 Å². The topological polar surface area (TPSA) is 69.9 Å². The van der Waals surface area contributed by atoms with Gasteiger partial charge in [-0.2, -0.15) is 0 Å². The van der Waals surface area contributed by atoms with Crippen molar-refractivity contribution in [3.05, 3.63) is 28.2 Å². The van der Waals surface area contributed by atoms with Crippen molar-refractivity contribution in [3.8, 4) is 5.75 Å². The number of aromatic hydroxyl groups is 1. The van der Waals surface area contributed by atoms with Crippen molar-refractivity contribution < 1.29 is 15.0 Å². The van der Waals surface area contributed by atoms with Gasteiger partial charge in [0.1, 0.15) is 5.75 Å². The fourth-order valence-electron chi connectivity index (χ4n) is 1.36. The predicted octanol–water partition coefficient (Wildman–Crippen LogP) is 2.10. The number of halogens is 1. The van der Waals surface area contributed by atoms with Gasteiger partial charge in [0.25, 0.3) is 0 Å². The lowest BCUT2D eigenvalue weighted by atomic mass is 10.2. The van der Waals surface area contributed by atoms with Gasteiger partial charge >= 0.3 is 5.97 Å². The Morgan fingerprint density at radius 3 is 2.81 bits per heavy atom. The molecule has 2 N–H and O–H groups in total. The summed E-state index contributed by atoms with van der Waals surface area (Å²) in [5.41, 5.74) is 0.737. The number of nitrogens with zero attached hydrogens (tertiary/aromatic N) is 1. The largest absolute Gasteiger partial charge is 0.508 e. The number of hydrogen-bond donors (Lipinski definition) is 2. The van der Waals surface area contributed by atoms with Crippen LogP contribution in [0.5, 0.6) is 5.75 Å². The maximum absolute atomic E-state index is 10.7. The summed E-state index contributed by atoms with van der Waals surface area (Å²) in [7, 11) is 0. The SMILES string of the molecule is O=C(O)C1CSC(c2cc(O)cc(Br)c2)=N1. The average molecular weight is 302 g/mol. The standard InChI is InChI=1S/C10H8BrNO3S/c11-6-1-5(2-7(13)3-6)9-12-8(4-16-9)10(14)15/h1-3,8,13H,4H2,(H,14,15). The summed E-state index contributed by atoms with van der Waals surface area (Å²) in [4.78, 5) is 14.8. The van der Waals surface area contributed by atoms with E-state index in [1.54, 1.807) is 18.2 Å². The molecule has 0 spiro atoms. The molecule has 1 heterocycles. The van der Waals surface area contributed by atoms with E-state index in [-0.39, 0.29) is 5.75 Å². The minimum Gasteiger partial charge on any atom is -0.508 e. The van der Waals surface area contributed by atoms with Crippen LogP contribution in [0.3, 0.4) is 0 Å². The van der Waals surface area contributed by atoms with E-state index in [4.69, 9.17) is 5.11 Å². The van der Waals surface area contributed by atoms with Crippen LogP contribution in [0.4, 0.5) is 0 Å². The van der Waals surface area contributed by atoms with Gasteiger partial charge in [-0.1, -0.05) is 15.9 Å². The molecule has 2 rings (SSSR count). The lowest BCUT2D eigenvalue weighted by Gasteiger charge is -2.01. The van der Waals surface area contributed by atoms with Gasteiger partial charge in [-0.15, -0.1) is 11.8 Å². The van der Waals surface area contributed by atoms with Crippen molar-refractivity contribution in [2.24, 2.45) is 4.99 Å². The van der Waals surface area contributed by atoms with Crippen molar-refractivity contribution in [2.75, 3.05) is 5.75 Å². The number of phenols is 1. The fourth-order valence-corrected chi connectivity index (χ4v) is 2.86. The molecule has 0 saturated carbocycles. The molecule has 0 amide bonds. The first kappa shape index (κ1) is 11.5. The Morgan fingerprint density at radius 1 is 1.50 bits per heavy atom. The lowest BCUT2D eigenvalue weighted by Crippen LogP contribution is -2.17. The van der Waals surface area contributed by atoms with E-state index < -0.39 is 12.0 Å². The number of phenolic OH excluding ortho intramolecular Hbond substituents is 1. The van der Waals surface area contributed by atoms with Crippen molar-refractivity contribution in [1.82, 2.24) is 0 Å². The average Bonchev–Trinajstić information content (AvgIpc) is 2.64. The third kappa shape index (κ3) is 2.38. The zero-order valence-corrected chi connectivity index (χ0v) is 10.5. The number of hydrogen-bond acceptors (Lipinski definition) is 4. The van der Waals surface area contributed by atoms with Crippen LogP contribution in [-0.2, 0) is 4.79 Å². The molecular weight excluding hydrogens is 294 g/mol. The third-order valence-corrected chi connectivity index (χ3v) is 3.62. The molecule has 0 saturated heterocycles. The van der Waals surface area contributed by atoms with Crippen LogP contribution < -0.4 is 0 Å². The van der Waals surface area contributed by atoms with E-state index in [0.717, 1.165) is 10.0 Å². The molecule has 0 bridgehead atoms. The first-order valence-electron chi connectivity index (χ1n) is 4.49. The van der Waals surface area contributed by atoms with E-state index in [1.807, 2.05) is 0 Å². The van der Waals surface area contributed by atoms with Gasteiger partial charge < -0.3 is 10.2 Å². The molecule has 1 aromatic rings. The molecule has 0 fully saturated rings. The van der Waals surface area contributed by atoms with Gasteiger partial charge in [-0.25, -0.2) is 4.79 Å². The fraction of sp³-hybridized carbons (Fsp3) is 0.200. The van der Waals surface area contributed by atoms with Crippen LogP contribution in [-0.4, -0.2) is 33.0 Å². The van der Waals surface area contributed by atoms with Crippen LogP contribution in [0.1, 0.15) is 5.56 Å². The van der Waals surface area contributed by atoms with Gasteiger partial charge in [0.05, 0.1) is 5.04 Å². The second-order valence-electron chi connectivity index (χ2n) is 3.30. The maximum Gasteiger partial charge on any atom is 0.329 e. The molecule has 1 atom stereocenters. The third-order valence-electron chi connectivity index (χ3n) is 2.07. The van der Waals surface area contributed by atoms with Crippen LogP contribution >= 0.6 is 27.7 Å². The minimum atomic E-state index is -0.915. The van der Waals surface area contributed by atoms with E-state index >= 15 is 0 Å². The zero-order valence-electron chi connectivity index (χ0n) is 8.05. The number of carboxylic acid groups (broad SMARTS) is 1.